The minimum Gasteiger partial charge on any atom is -0.394 e. The van der Waals surface area contributed by atoms with Gasteiger partial charge in [-0.25, -0.2) is 9.78 Å². The average Bonchev–Trinajstić information content (AvgIpc) is 3.72. The van der Waals surface area contributed by atoms with Crippen LogP contribution in [0.3, 0.4) is 0 Å². The number of benzene rings is 3. The highest BCUT2D eigenvalue weighted by Crippen LogP contribution is 2.38. The molecule has 1 aliphatic rings. The van der Waals surface area contributed by atoms with Crippen LogP contribution in [0.5, 0.6) is 0 Å². The third-order valence-corrected chi connectivity index (χ3v) is 8.91. The van der Waals surface area contributed by atoms with Gasteiger partial charge in [-0.05, 0) is 35.4 Å². The molecular weight excluding hydrogens is 554 g/mol. The van der Waals surface area contributed by atoms with Gasteiger partial charge in [-0.3, -0.25) is 18.7 Å². The van der Waals surface area contributed by atoms with E-state index in [-0.39, 0.29) is 24.3 Å². The van der Waals surface area contributed by atoms with Crippen molar-refractivity contribution < 1.29 is 9.90 Å². The largest absolute Gasteiger partial charge is 0.394 e. The van der Waals surface area contributed by atoms with E-state index in [1.165, 1.54) is 11.6 Å². The van der Waals surface area contributed by atoms with Crippen LogP contribution in [0.4, 0.5) is 0 Å². The molecule has 1 fully saturated rings. The van der Waals surface area contributed by atoms with E-state index in [2.05, 4.69) is 5.32 Å². The lowest BCUT2D eigenvalue weighted by atomic mass is 9.83. The molecule has 9 nitrogen and oxygen atoms in total. The Hall–Kier alpha value is -4.76. The van der Waals surface area contributed by atoms with Gasteiger partial charge in [0.2, 0.25) is 5.91 Å². The molecule has 0 radical (unpaired) electrons. The Kier molecular flexibility index (Phi) is 8.30. The van der Waals surface area contributed by atoms with Crippen molar-refractivity contribution in [2.75, 3.05) is 6.61 Å². The fraction of sp³-hybridized carbons (Fsp3) is 0.314. The first kappa shape index (κ1) is 29.3. The lowest BCUT2D eigenvalue weighted by Gasteiger charge is -2.26. The molecule has 226 valence electrons. The zero-order valence-corrected chi connectivity index (χ0v) is 25.0. The molecule has 1 aliphatic carbocycles. The summed E-state index contributed by atoms with van der Waals surface area (Å²) in [6, 6.07) is 26.7. The van der Waals surface area contributed by atoms with Gasteiger partial charge < -0.3 is 15.0 Å². The number of aliphatic hydroxyl groups excluding tert-OH is 1. The Morgan fingerprint density at radius 3 is 2.16 bits per heavy atom. The van der Waals surface area contributed by atoms with E-state index >= 15 is 0 Å². The summed E-state index contributed by atoms with van der Waals surface area (Å²) < 4.78 is 4.38. The molecule has 5 aromatic rings. The number of fused-ring (bicyclic) bond motifs is 1. The van der Waals surface area contributed by atoms with Crippen LogP contribution in [-0.4, -0.2) is 36.3 Å². The maximum absolute atomic E-state index is 13.8. The van der Waals surface area contributed by atoms with Crippen LogP contribution in [-0.2, 0) is 25.4 Å². The molecule has 0 aliphatic heterocycles. The van der Waals surface area contributed by atoms with Crippen LogP contribution >= 0.6 is 0 Å². The quantitative estimate of drug-likeness (QED) is 0.266. The smallest absolute Gasteiger partial charge is 0.332 e. The van der Waals surface area contributed by atoms with E-state index < -0.39 is 17.3 Å². The Morgan fingerprint density at radius 1 is 0.886 bits per heavy atom. The number of nitrogens with zero attached hydrogens (tertiary/aromatic N) is 4. The Morgan fingerprint density at radius 2 is 1.52 bits per heavy atom. The molecule has 6 rings (SSSR count). The summed E-state index contributed by atoms with van der Waals surface area (Å²) in [5.41, 5.74) is 3.44. The van der Waals surface area contributed by atoms with Gasteiger partial charge in [0, 0.05) is 26.2 Å². The third kappa shape index (κ3) is 5.51. The summed E-state index contributed by atoms with van der Waals surface area (Å²) in [5.74, 6) is 0.411. The predicted molar refractivity (Wildman–Crippen MR) is 170 cm³/mol. The molecule has 2 heterocycles. The number of amides is 1. The number of aryl methyl sites for hydroxylation is 1. The van der Waals surface area contributed by atoms with E-state index in [0.29, 0.717) is 23.5 Å². The Labute approximate surface area is 255 Å². The monoisotopic (exact) mass is 591 g/mol. The first-order valence-corrected chi connectivity index (χ1v) is 15.1. The van der Waals surface area contributed by atoms with Crippen molar-refractivity contribution in [2.24, 2.45) is 20.0 Å². The highest BCUT2D eigenvalue weighted by molar-refractivity contribution is 5.84. The fourth-order valence-corrected chi connectivity index (χ4v) is 6.53. The van der Waals surface area contributed by atoms with Gasteiger partial charge in [-0.1, -0.05) is 97.8 Å². The van der Waals surface area contributed by atoms with Crippen LogP contribution in [0, 0.1) is 5.92 Å². The molecule has 3 aromatic carbocycles. The zero-order valence-electron chi connectivity index (χ0n) is 25.0. The topological polar surface area (TPSA) is 111 Å². The van der Waals surface area contributed by atoms with Gasteiger partial charge in [-0.2, -0.15) is 0 Å². The summed E-state index contributed by atoms with van der Waals surface area (Å²) in [6.45, 7) is 0.176. The van der Waals surface area contributed by atoms with Crippen LogP contribution in [0.2, 0.25) is 0 Å². The number of imidazole rings is 1. The Balaban J connectivity index is 1.35. The third-order valence-electron chi connectivity index (χ3n) is 8.91. The van der Waals surface area contributed by atoms with E-state index in [0.717, 1.165) is 52.5 Å². The standard InChI is InChI=1S/C35H37N5O4/c1-38-32-30(34(43)39(2)35(38)44)40(31(37-32)27-15-7-4-8-16-27)21-23-17-19-26(20-18-23)29(25-13-9-10-14-25)33(42)36-28(22-41)24-11-5-3-6-12-24/h3-8,11-12,15-20,25,28-29,41H,9-10,13-14,21-22H2,1-2H3,(H,36,42)/t28-,29?/m0/s1. The van der Waals surface area contributed by atoms with Crippen molar-refractivity contribution in [1.29, 1.82) is 0 Å². The van der Waals surface area contributed by atoms with Crippen molar-refractivity contribution >= 4 is 17.1 Å². The fourth-order valence-electron chi connectivity index (χ4n) is 6.53. The first-order chi connectivity index (χ1) is 21.4. The molecule has 2 N–H and O–H groups in total. The molecule has 9 heteroatoms. The maximum Gasteiger partial charge on any atom is 0.332 e. The van der Waals surface area contributed by atoms with Crippen LogP contribution in [0.15, 0.2) is 94.5 Å². The highest BCUT2D eigenvalue weighted by Gasteiger charge is 2.33. The number of rotatable bonds is 9. The number of aliphatic hydroxyl groups is 1. The number of nitrogens with one attached hydrogen (secondary N) is 1. The van der Waals surface area contributed by atoms with Gasteiger partial charge in [0.25, 0.3) is 5.56 Å². The van der Waals surface area contributed by atoms with Crippen molar-refractivity contribution in [2.45, 2.75) is 44.2 Å². The maximum atomic E-state index is 13.8. The first-order valence-electron chi connectivity index (χ1n) is 15.1. The van der Waals surface area contributed by atoms with Crippen molar-refractivity contribution in [3.05, 3.63) is 122 Å². The minimum atomic E-state index is -0.476. The molecule has 1 unspecified atom stereocenters. The molecule has 1 saturated carbocycles. The van der Waals surface area contributed by atoms with Gasteiger partial charge in [-0.15, -0.1) is 0 Å². The SMILES string of the molecule is Cn1c(=O)c2c(nc(-c3ccccc3)n2Cc2ccc(C(C(=O)N[C@@H](CO)c3ccccc3)C3CCCC3)cc2)n(C)c1=O. The number of hydrogen-bond donors (Lipinski definition) is 2. The highest BCUT2D eigenvalue weighted by atomic mass is 16.3. The van der Waals surface area contributed by atoms with Gasteiger partial charge >= 0.3 is 5.69 Å². The molecule has 0 spiro atoms. The Bertz CT molecular complexity index is 1890. The second-order valence-electron chi connectivity index (χ2n) is 11.7. The van der Waals surface area contributed by atoms with E-state index in [4.69, 9.17) is 4.98 Å². The summed E-state index contributed by atoms with van der Waals surface area (Å²) in [5, 5.41) is 13.2. The molecule has 1 amide bonds. The van der Waals surface area contributed by atoms with Gasteiger partial charge in [0.05, 0.1) is 18.6 Å². The second kappa shape index (κ2) is 12.5. The zero-order chi connectivity index (χ0) is 30.8. The van der Waals surface area contributed by atoms with Crippen molar-refractivity contribution in [3.8, 4) is 11.4 Å². The summed E-state index contributed by atoms with van der Waals surface area (Å²) in [6.07, 6.45) is 4.17. The molecular formula is C35H37N5O4. The van der Waals surface area contributed by atoms with E-state index in [1.807, 2.05) is 89.5 Å². The van der Waals surface area contributed by atoms with E-state index in [9.17, 15) is 19.5 Å². The predicted octanol–water partition coefficient (Wildman–Crippen LogP) is 4.27. The lowest BCUT2D eigenvalue weighted by molar-refractivity contribution is -0.124. The minimum absolute atomic E-state index is 0.0797. The lowest BCUT2D eigenvalue weighted by Crippen LogP contribution is -2.37. The van der Waals surface area contributed by atoms with Crippen LogP contribution < -0.4 is 16.6 Å². The number of aromatic nitrogens is 4. The molecule has 2 aromatic heterocycles. The van der Waals surface area contributed by atoms with Gasteiger partial charge in [0.1, 0.15) is 5.82 Å². The van der Waals surface area contributed by atoms with Crippen molar-refractivity contribution in [3.63, 3.8) is 0 Å². The van der Waals surface area contributed by atoms with Crippen molar-refractivity contribution in [1.82, 2.24) is 24.0 Å². The number of hydrogen-bond acceptors (Lipinski definition) is 5. The summed E-state index contributed by atoms with van der Waals surface area (Å²) in [7, 11) is 3.10. The number of carbonyl (C=O) groups excluding carboxylic acids is 1. The van der Waals surface area contributed by atoms with Crippen LogP contribution in [0.25, 0.3) is 22.6 Å². The summed E-state index contributed by atoms with van der Waals surface area (Å²) in [4.78, 5) is 44.6. The molecule has 2 atom stereocenters. The molecule has 44 heavy (non-hydrogen) atoms. The summed E-state index contributed by atoms with van der Waals surface area (Å²) >= 11 is 0. The van der Waals surface area contributed by atoms with E-state index in [1.54, 1.807) is 7.05 Å². The molecule has 0 saturated heterocycles. The van der Waals surface area contributed by atoms with Gasteiger partial charge in [0.15, 0.2) is 11.2 Å². The molecule has 0 bridgehead atoms. The van der Waals surface area contributed by atoms with Crippen LogP contribution in [0.1, 0.15) is 54.3 Å². The second-order valence-corrected chi connectivity index (χ2v) is 11.7. The number of carbonyl (C=O) groups is 1. The average molecular weight is 592 g/mol. The normalized spacial score (nSPS) is 15.0.